The molecule has 1 fully saturated rings. The zero-order chi connectivity index (χ0) is 10.8. The Bertz CT molecular complexity index is 361. The van der Waals surface area contributed by atoms with Crippen LogP contribution < -0.4 is 0 Å². The first kappa shape index (κ1) is 10.7. The van der Waals surface area contributed by atoms with Crippen LogP contribution in [0.15, 0.2) is 21.4 Å². The van der Waals surface area contributed by atoms with E-state index in [9.17, 15) is 4.79 Å². The number of amides is 1. The summed E-state index contributed by atoms with van der Waals surface area (Å²) in [5, 5.41) is 0. The number of likely N-dealkylation sites (tertiary alicyclic amines) is 1. The molecule has 1 amide bonds. The monoisotopic (exact) mass is 271 g/mol. The first-order chi connectivity index (χ1) is 7.22. The Morgan fingerprint density at radius 2 is 2.53 bits per heavy atom. The van der Waals surface area contributed by atoms with Crippen LogP contribution in [0.25, 0.3) is 0 Å². The summed E-state index contributed by atoms with van der Waals surface area (Å²) in [5.74, 6) is 0.742. The molecule has 1 unspecified atom stereocenters. The van der Waals surface area contributed by atoms with Crippen LogP contribution in [0.2, 0.25) is 0 Å². The van der Waals surface area contributed by atoms with Gasteiger partial charge in [-0.25, -0.2) is 0 Å². The minimum atomic E-state index is 0.0755. The third-order valence-electron chi connectivity index (χ3n) is 3.00. The summed E-state index contributed by atoms with van der Waals surface area (Å²) in [6.07, 6.45) is 3.80. The molecule has 2 rings (SSSR count). The molecule has 1 aliphatic rings. The highest BCUT2D eigenvalue weighted by molar-refractivity contribution is 9.10. The topological polar surface area (TPSA) is 33.5 Å². The average Bonchev–Trinajstić information content (AvgIpc) is 2.84. The molecular weight excluding hydrogens is 258 g/mol. The van der Waals surface area contributed by atoms with E-state index in [1.165, 1.54) is 6.26 Å². The van der Waals surface area contributed by atoms with E-state index < -0.39 is 0 Å². The Labute approximate surface area is 97.6 Å². The number of carbonyl (C=O) groups excluding carboxylic acids is 1. The molecule has 0 saturated carbocycles. The molecule has 0 spiro atoms. The lowest BCUT2D eigenvalue weighted by Gasteiger charge is -2.15. The van der Waals surface area contributed by atoms with E-state index in [0.717, 1.165) is 25.9 Å². The minimum Gasteiger partial charge on any atom is -0.457 e. The van der Waals surface area contributed by atoms with Crippen molar-refractivity contribution in [1.29, 1.82) is 0 Å². The third kappa shape index (κ3) is 2.09. The zero-order valence-electron chi connectivity index (χ0n) is 8.70. The number of hydrogen-bond donors (Lipinski definition) is 0. The van der Waals surface area contributed by atoms with Gasteiger partial charge in [0, 0.05) is 13.1 Å². The highest BCUT2D eigenvalue weighted by Crippen LogP contribution is 2.24. The van der Waals surface area contributed by atoms with Crippen LogP contribution >= 0.6 is 15.9 Å². The van der Waals surface area contributed by atoms with E-state index in [1.807, 2.05) is 4.90 Å². The number of nitrogens with zero attached hydrogens (tertiary/aromatic N) is 1. The van der Waals surface area contributed by atoms with Gasteiger partial charge in [-0.15, -0.1) is 0 Å². The highest BCUT2D eigenvalue weighted by atomic mass is 79.9. The van der Waals surface area contributed by atoms with E-state index in [-0.39, 0.29) is 5.91 Å². The molecule has 1 aliphatic heterocycles. The van der Waals surface area contributed by atoms with Crippen molar-refractivity contribution in [3.63, 3.8) is 0 Å². The van der Waals surface area contributed by atoms with Crippen molar-refractivity contribution < 1.29 is 9.21 Å². The number of rotatable bonds is 2. The Morgan fingerprint density at radius 1 is 1.73 bits per heavy atom. The van der Waals surface area contributed by atoms with Crippen LogP contribution in [0.3, 0.4) is 0 Å². The molecule has 1 aromatic rings. The largest absolute Gasteiger partial charge is 0.457 e. The maximum absolute atomic E-state index is 12.0. The minimum absolute atomic E-state index is 0.0755. The van der Waals surface area contributed by atoms with E-state index in [1.54, 1.807) is 6.07 Å². The van der Waals surface area contributed by atoms with Gasteiger partial charge in [0.15, 0.2) is 4.67 Å². The molecule has 1 atom stereocenters. The molecule has 1 saturated heterocycles. The Kier molecular flexibility index (Phi) is 3.14. The average molecular weight is 272 g/mol. The third-order valence-corrected chi connectivity index (χ3v) is 3.61. The molecule has 0 aliphatic carbocycles. The standard InChI is InChI=1S/C11H14BrNO2/c1-2-8-3-5-13(7-8)11(14)9-4-6-15-10(9)12/h4,6,8H,2-3,5,7H2,1H3. The fourth-order valence-electron chi connectivity index (χ4n) is 1.97. The van der Waals surface area contributed by atoms with E-state index >= 15 is 0 Å². The molecule has 0 bridgehead atoms. The summed E-state index contributed by atoms with van der Waals surface area (Å²) >= 11 is 3.23. The second-order valence-corrected chi connectivity index (χ2v) is 4.64. The van der Waals surface area contributed by atoms with Crippen LogP contribution in [-0.2, 0) is 0 Å². The molecule has 82 valence electrons. The summed E-state index contributed by atoms with van der Waals surface area (Å²) in [6, 6.07) is 1.71. The quantitative estimate of drug-likeness (QED) is 0.829. The number of furan rings is 1. The predicted octanol–water partition coefficient (Wildman–Crippen LogP) is 2.91. The lowest BCUT2D eigenvalue weighted by atomic mass is 10.1. The van der Waals surface area contributed by atoms with Gasteiger partial charge in [-0.1, -0.05) is 13.3 Å². The molecule has 0 N–H and O–H groups in total. The second kappa shape index (κ2) is 4.39. The highest BCUT2D eigenvalue weighted by Gasteiger charge is 2.27. The molecule has 15 heavy (non-hydrogen) atoms. The van der Waals surface area contributed by atoms with Crippen molar-refractivity contribution >= 4 is 21.8 Å². The van der Waals surface area contributed by atoms with Crippen molar-refractivity contribution in [2.24, 2.45) is 5.92 Å². The van der Waals surface area contributed by atoms with E-state index in [0.29, 0.717) is 16.2 Å². The first-order valence-corrected chi connectivity index (χ1v) is 6.04. The van der Waals surface area contributed by atoms with Crippen LogP contribution in [0.5, 0.6) is 0 Å². The maximum atomic E-state index is 12.0. The fourth-order valence-corrected chi connectivity index (χ4v) is 2.38. The van der Waals surface area contributed by atoms with Gasteiger partial charge < -0.3 is 9.32 Å². The van der Waals surface area contributed by atoms with Crippen molar-refractivity contribution in [2.45, 2.75) is 19.8 Å². The van der Waals surface area contributed by atoms with Crippen LogP contribution in [0, 0.1) is 5.92 Å². The Balaban J connectivity index is 2.07. The van der Waals surface area contributed by atoms with Gasteiger partial charge in [0.25, 0.3) is 5.91 Å². The summed E-state index contributed by atoms with van der Waals surface area (Å²) in [7, 11) is 0. The summed E-state index contributed by atoms with van der Waals surface area (Å²) in [5.41, 5.74) is 0.631. The van der Waals surface area contributed by atoms with Crippen molar-refractivity contribution in [2.75, 3.05) is 13.1 Å². The van der Waals surface area contributed by atoms with Gasteiger partial charge in [-0.2, -0.15) is 0 Å². The van der Waals surface area contributed by atoms with Crippen molar-refractivity contribution in [3.05, 3.63) is 22.6 Å². The molecular formula is C11H14BrNO2. The molecule has 2 heterocycles. The summed E-state index contributed by atoms with van der Waals surface area (Å²) in [4.78, 5) is 13.9. The second-order valence-electron chi connectivity index (χ2n) is 3.92. The number of hydrogen-bond acceptors (Lipinski definition) is 2. The SMILES string of the molecule is CCC1CCN(C(=O)c2ccoc2Br)C1. The smallest absolute Gasteiger partial charge is 0.258 e. The molecule has 0 radical (unpaired) electrons. The predicted molar refractivity (Wildman–Crippen MR) is 60.7 cm³/mol. The lowest BCUT2D eigenvalue weighted by Crippen LogP contribution is -2.28. The first-order valence-electron chi connectivity index (χ1n) is 5.24. The Hall–Kier alpha value is -0.770. The maximum Gasteiger partial charge on any atom is 0.258 e. The normalized spacial score (nSPS) is 20.9. The van der Waals surface area contributed by atoms with Gasteiger partial charge >= 0.3 is 0 Å². The van der Waals surface area contributed by atoms with Crippen LogP contribution in [0.4, 0.5) is 0 Å². The molecule has 3 nitrogen and oxygen atoms in total. The van der Waals surface area contributed by atoms with Gasteiger partial charge in [0.05, 0.1) is 11.8 Å². The van der Waals surface area contributed by atoms with Crippen LogP contribution in [-0.4, -0.2) is 23.9 Å². The number of carbonyl (C=O) groups is 1. The zero-order valence-corrected chi connectivity index (χ0v) is 10.3. The van der Waals surface area contributed by atoms with E-state index in [2.05, 4.69) is 22.9 Å². The van der Waals surface area contributed by atoms with Crippen molar-refractivity contribution in [3.8, 4) is 0 Å². The van der Waals surface area contributed by atoms with Gasteiger partial charge in [0.1, 0.15) is 0 Å². The summed E-state index contributed by atoms with van der Waals surface area (Å²) < 4.78 is 5.60. The van der Waals surface area contributed by atoms with Crippen LogP contribution in [0.1, 0.15) is 30.1 Å². The number of halogens is 1. The molecule has 1 aromatic heterocycles. The Morgan fingerprint density at radius 3 is 3.07 bits per heavy atom. The lowest BCUT2D eigenvalue weighted by molar-refractivity contribution is 0.0785. The van der Waals surface area contributed by atoms with Gasteiger partial charge in [0.2, 0.25) is 0 Å². The van der Waals surface area contributed by atoms with Crippen molar-refractivity contribution in [1.82, 2.24) is 4.90 Å². The van der Waals surface area contributed by atoms with Gasteiger partial charge in [-0.3, -0.25) is 4.79 Å². The molecule has 0 aromatic carbocycles. The van der Waals surface area contributed by atoms with E-state index in [4.69, 9.17) is 4.42 Å². The molecule has 4 heteroatoms. The van der Waals surface area contributed by atoms with Gasteiger partial charge in [-0.05, 0) is 34.3 Å². The summed E-state index contributed by atoms with van der Waals surface area (Å²) in [6.45, 7) is 3.92. The fraction of sp³-hybridized carbons (Fsp3) is 0.545.